The number of aryl methyl sites for hydroxylation is 1. The van der Waals surface area contributed by atoms with E-state index in [-0.39, 0.29) is 5.56 Å². The summed E-state index contributed by atoms with van der Waals surface area (Å²) in [6, 6.07) is 14.3. The van der Waals surface area contributed by atoms with Crippen LogP contribution in [-0.2, 0) is 17.6 Å². The Hall–Kier alpha value is -3.26. The summed E-state index contributed by atoms with van der Waals surface area (Å²) in [6.45, 7) is 2.08. The predicted octanol–water partition coefficient (Wildman–Crippen LogP) is 3.56. The molecule has 0 unspecified atom stereocenters. The second kappa shape index (κ2) is 9.61. The van der Waals surface area contributed by atoms with E-state index in [0.717, 1.165) is 17.7 Å². The lowest BCUT2D eigenvalue weighted by Gasteiger charge is -2.15. The number of nitrogens with zero attached hydrogens (tertiary/aromatic N) is 1. The number of nitrogens with two attached hydrogens (primary N) is 2. The van der Waals surface area contributed by atoms with Crippen LogP contribution in [0.3, 0.4) is 0 Å². The third-order valence-corrected chi connectivity index (χ3v) is 3.98. The van der Waals surface area contributed by atoms with Gasteiger partial charge in [-0.2, -0.15) is 8.78 Å². The average molecular weight is 387 g/mol. The number of allylic oxidation sites excluding steroid dienone is 1. The summed E-state index contributed by atoms with van der Waals surface area (Å²) in [4.78, 5) is 0. The van der Waals surface area contributed by atoms with Crippen molar-refractivity contribution in [2.75, 3.05) is 5.01 Å². The fourth-order valence-electron chi connectivity index (χ4n) is 2.43. The highest BCUT2D eigenvalue weighted by atomic mass is 19.3. The Kier molecular flexibility index (Phi) is 7.22. The molecule has 2 rings (SSSR count). The van der Waals surface area contributed by atoms with Crippen molar-refractivity contribution in [1.82, 2.24) is 0 Å². The minimum absolute atomic E-state index is 0.285. The highest BCUT2D eigenvalue weighted by Crippen LogP contribution is 2.15. The van der Waals surface area contributed by atoms with Crippen LogP contribution in [0.1, 0.15) is 23.6 Å². The normalized spacial score (nSPS) is 11.4. The van der Waals surface area contributed by atoms with Crippen molar-refractivity contribution in [2.24, 2.45) is 11.6 Å². The number of benzene rings is 2. The van der Waals surface area contributed by atoms with Gasteiger partial charge in [0.1, 0.15) is 0 Å². The van der Waals surface area contributed by atoms with Crippen molar-refractivity contribution < 1.29 is 13.5 Å². The molecule has 2 aromatic carbocycles. The van der Waals surface area contributed by atoms with Crippen molar-refractivity contribution in [1.29, 1.82) is 10.8 Å². The van der Waals surface area contributed by atoms with E-state index in [1.807, 2.05) is 24.3 Å². The van der Waals surface area contributed by atoms with E-state index in [1.165, 1.54) is 10.6 Å². The van der Waals surface area contributed by atoms with Crippen LogP contribution in [0.5, 0.6) is 0 Å². The van der Waals surface area contributed by atoms with Gasteiger partial charge in [0.2, 0.25) is 5.90 Å². The van der Waals surface area contributed by atoms with Crippen LogP contribution >= 0.6 is 0 Å². The van der Waals surface area contributed by atoms with E-state index in [2.05, 4.69) is 11.7 Å². The molecular weight excluding hydrogens is 364 g/mol. The van der Waals surface area contributed by atoms with Crippen LogP contribution in [0.2, 0.25) is 0 Å². The molecule has 0 heterocycles. The molecule has 0 fully saturated rings. The van der Waals surface area contributed by atoms with Crippen LogP contribution in [0.15, 0.2) is 60.4 Å². The second-order valence-electron chi connectivity index (χ2n) is 6.10. The number of nitrogens with one attached hydrogen (secondary N) is 2. The number of alkyl halides is 2. The Morgan fingerprint density at radius 3 is 2.18 bits per heavy atom. The quantitative estimate of drug-likeness (QED) is 0.252. The minimum atomic E-state index is -3.05. The summed E-state index contributed by atoms with van der Waals surface area (Å²) in [5.74, 6) is 4.26. The zero-order valence-corrected chi connectivity index (χ0v) is 15.5. The molecule has 6 N–H and O–H groups in total. The first kappa shape index (κ1) is 21.0. The van der Waals surface area contributed by atoms with Gasteiger partial charge in [-0.1, -0.05) is 31.2 Å². The Balaban J connectivity index is 1.99. The summed E-state index contributed by atoms with van der Waals surface area (Å²) < 4.78 is 29.1. The highest BCUT2D eigenvalue weighted by molar-refractivity contribution is 5.99. The minimum Gasteiger partial charge on any atom is -0.419 e. The van der Waals surface area contributed by atoms with Crippen molar-refractivity contribution in [3.8, 4) is 0 Å². The summed E-state index contributed by atoms with van der Waals surface area (Å²) in [6.07, 6.45) is -0.0571. The molecule has 0 bridgehead atoms. The molecule has 2 aromatic rings. The standard InChI is InChI=1S/C20H23F2N5O/c1-2-13-5-9-17(10-6-13)27(26)12-16(23)11-14-3-7-15(8-4-14)19(24)28-20(25)18(21)22/h3-10,12,18,24-25H,2,11,23,26H2,1H3/b16-12-,24-19?,25-20?. The number of rotatable bonds is 7. The third kappa shape index (κ3) is 5.88. The molecule has 0 saturated heterocycles. The predicted molar refractivity (Wildman–Crippen MR) is 107 cm³/mol. The van der Waals surface area contributed by atoms with Crippen LogP contribution in [0.4, 0.5) is 14.5 Å². The summed E-state index contributed by atoms with van der Waals surface area (Å²) >= 11 is 0. The number of hydrogen-bond acceptors (Lipinski definition) is 6. The molecule has 0 amide bonds. The molecular formula is C20H23F2N5O. The Bertz CT molecular complexity index is 848. The highest BCUT2D eigenvalue weighted by Gasteiger charge is 2.15. The summed E-state index contributed by atoms with van der Waals surface area (Å²) in [7, 11) is 0. The maximum absolute atomic E-state index is 12.3. The zero-order chi connectivity index (χ0) is 20.7. The number of hydrogen-bond donors (Lipinski definition) is 4. The smallest absolute Gasteiger partial charge is 0.312 e. The molecule has 6 nitrogen and oxygen atoms in total. The Labute approximate surface area is 162 Å². The number of ether oxygens (including phenoxy) is 1. The van der Waals surface area contributed by atoms with E-state index in [4.69, 9.17) is 22.4 Å². The first-order valence-corrected chi connectivity index (χ1v) is 8.61. The van der Waals surface area contributed by atoms with Gasteiger partial charge in [-0.3, -0.25) is 15.8 Å². The first-order chi connectivity index (χ1) is 13.3. The molecule has 28 heavy (non-hydrogen) atoms. The maximum atomic E-state index is 12.3. The lowest BCUT2D eigenvalue weighted by molar-refractivity contribution is 0.197. The molecule has 0 aliphatic rings. The van der Waals surface area contributed by atoms with Gasteiger partial charge in [0, 0.05) is 23.9 Å². The zero-order valence-electron chi connectivity index (χ0n) is 15.5. The molecule has 0 aliphatic heterocycles. The van der Waals surface area contributed by atoms with Crippen LogP contribution in [-0.4, -0.2) is 18.2 Å². The Morgan fingerprint density at radius 2 is 1.64 bits per heavy atom. The number of anilines is 1. The van der Waals surface area contributed by atoms with Crippen LogP contribution in [0, 0.1) is 10.8 Å². The molecule has 0 aromatic heterocycles. The lowest BCUT2D eigenvalue weighted by Crippen LogP contribution is -2.26. The van der Waals surface area contributed by atoms with Gasteiger partial charge < -0.3 is 10.5 Å². The van der Waals surface area contributed by atoms with E-state index < -0.39 is 18.2 Å². The maximum Gasteiger partial charge on any atom is 0.312 e. The summed E-state index contributed by atoms with van der Waals surface area (Å²) in [5, 5.41) is 16.0. The Morgan fingerprint density at radius 1 is 1.07 bits per heavy atom. The molecule has 0 saturated carbocycles. The lowest BCUT2D eigenvalue weighted by atomic mass is 10.1. The van der Waals surface area contributed by atoms with Crippen molar-refractivity contribution in [3.05, 3.63) is 77.1 Å². The van der Waals surface area contributed by atoms with Crippen LogP contribution in [0.25, 0.3) is 0 Å². The summed E-state index contributed by atoms with van der Waals surface area (Å²) in [5.41, 5.74) is 9.75. The van der Waals surface area contributed by atoms with E-state index in [9.17, 15) is 8.78 Å². The van der Waals surface area contributed by atoms with Gasteiger partial charge in [-0.05, 0) is 41.8 Å². The van der Waals surface area contributed by atoms with Gasteiger partial charge in [0.05, 0.1) is 5.69 Å². The van der Waals surface area contributed by atoms with Gasteiger partial charge >= 0.3 is 6.43 Å². The molecule has 0 radical (unpaired) electrons. The third-order valence-electron chi connectivity index (χ3n) is 3.98. The van der Waals surface area contributed by atoms with Gasteiger partial charge in [0.15, 0.2) is 0 Å². The monoisotopic (exact) mass is 387 g/mol. The van der Waals surface area contributed by atoms with Crippen LogP contribution < -0.4 is 16.6 Å². The average Bonchev–Trinajstić information content (AvgIpc) is 2.68. The molecule has 0 atom stereocenters. The van der Waals surface area contributed by atoms with Gasteiger partial charge in [-0.15, -0.1) is 0 Å². The molecule has 8 heteroatoms. The largest absolute Gasteiger partial charge is 0.419 e. The molecule has 0 aliphatic carbocycles. The number of hydrazine groups is 1. The molecule has 0 spiro atoms. The first-order valence-electron chi connectivity index (χ1n) is 8.61. The fraction of sp³-hybridized carbons (Fsp3) is 0.200. The SMILES string of the molecule is CCc1ccc(N(N)/C=C(\N)Cc2ccc(C(=N)OC(=N)C(F)F)cc2)cc1. The van der Waals surface area contributed by atoms with Crippen molar-refractivity contribution >= 4 is 17.5 Å². The van der Waals surface area contributed by atoms with E-state index in [0.29, 0.717) is 12.1 Å². The fourth-order valence-corrected chi connectivity index (χ4v) is 2.43. The topological polar surface area (TPSA) is 112 Å². The molecule has 148 valence electrons. The van der Waals surface area contributed by atoms with E-state index in [1.54, 1.807) is 30.5 Å². The van der Waals surface area contributed by atoms with Crippen molar-refractivity contribution in [2.45, 2.75) is 26.2 Å². The van der Waals surface area contributed by atoms with Gasteiger partial charge in [-0.25, -0.2) is 5.84 Å². The van der Waals surface area contributed by atoms with E-state index >= 15 is 0 Å². The van der Waals surface area contributed by atoms with Gasteiger partial charge in [0.25, 0.3) is 5.90 Å². The van der Waals surface area contributed by atoms with Crippen molar-refractivity contribution in [3.63, 3.8) is 0 Å². The number of halogens is 2. The second-order valence-corrected chi connectivity index (χ2v) is 6.10.